The molecule has 2 aliphatic heterocycles. The van der Waals surface area contributed by atoms with Crippen LogP contribution in [-0.2, 0) is 19.5 Å². The molecule has 5 rings (SSSR count). The van der Waals surface area contributed by atoms with Crippen LogP contribution in [0, 0.1) is 22.9 Å². The number of nitrogens with zero attached hydrogens (tertiary/aromatic N) is 2. The Bertz CT molecular complexity index is 1190. The Labute approximate surface area is 224 Å². The van der Waals surface area contributed by atoms with Gasteiger partial charge < -0.3 is 4.74 Å². The van der Waals surface area contributed by atoms with E-state index < -0.39 is 11.6 Å². The van der Waals surface area contributed by atoms with Crippen LogP contribution in [0.2, 0.25) is 0 Å². The lowest BCUT2D eigenvalue weighted by Crippen LogP contribution is -2.47. The molecule has 0 aromatic heterocycles. The predicted molar refractivity (Wildman–Crippen MR) is 144 cm³/mol. The van der Waals surface area contributed by atoms with Crippen molar-refractivity contribution >= 4 is 0 Å². The van der Waals surface area contributed by atoms with Crippen molar-refractivity contribution in [2.45, 2.75) is 51.6 Å². The average Bonchev–Trinajstić information content (AvgIpc) is 2.91. The third-order valence-electron chi connectivity index (χ3n) is 8.31. The Kier molecular flexibility index (Phi) is 8.70. The Morgan fingerprint density at radius 1 is 0.684 bits per heavy atom. The van der Waals surface area contributed by atoms with Crippen molar-refractivity contribution in [3.8, 4) is 5.75 Å². The van der Waals surface area contributed by atoms with Gasteiger partial charge in [-0.2, -0.15) is 0 Å². The number of piperidine rings is 1. The predicted octanol–water partition coefficient (Wildman–Crippen LogP) is 6.99. The highest BCUT2D eigenvalue weighted by molar-refractivity contribution is 5.33. The van der Waals surface area contributed by atoms with Crippen molar-refractivity contribution in [3.05, 3.63) is 101 Å². The number of hydrogen-bond donors (Lipinski definition) is 0. The zero-order chi connectivity index (χ0) is 26.4. The minimum atomic E-state index is -0.479. The molecule has 1 saturated heterocycles. The van der Waals surface area contributed by atoms with Crippen LogP contribution < -0.4 is 4.74 Å². The van der Waals surface area contributed by atoms with E-state index in [-0.39, 0.29) is 23.3 Å². The minimum absolute atomic E-state index is 0.0776. The fourth-order valence-corrected chi connectivity index (χ4v) is 6.09. The third-order valence-corrected chi connectivity index (χ3v) is 8.31. The Hall–Kier alpha value is -2.83. The number of fused-ring (bicyclic) bond motifs is 1. The van der Waals surface area contributed by atoms with Crippen LogP contribution in [0.1, 0.15) is 48.8 Å². The molecule has 0 amide bonds. The van der Waals surface area contributed by atoms with E-state index in [9.17, 15) is 13.2 Å². The van der Waals surface area contributed by atoms with Gasteiger partial charge >= 0.3 is 0 Å². The van der Waals surface area contributed by atoms with Crippen LogP contribution in [0.3, 0.4) is 0 Å². The summed E-state index contributed by atoms with van der Waals surface area (Å²) >= 11 is 0. The molecule has 0 saturated carbocycles. The van der Waals surface area contributed by atoms with Gasteiger partial charge in [-0.1, -0.05) is 48.9 Å². The van der Waals surface area contributed by atoms with E-state index in [1.807, 2.05) is 24.3 Å². The van der Waals surface area contributed by atoms with Crippen molar-refractivity contribution in [2.24, 2.45) is 5.41 Å². The van der Waals surface area contributed by atoms with Crippen molar-refractivity contribution < 1.29 is 17.9 Å². The van der Waals surface area contributed by atoms with Gasteiger partial charge in [0.25, 0.3) is 0 Å². The smallest absolute Gasteiger partial charge is 0.130 e. The molecule has 0 radical (unpaired) electrons. The number of benzene rings is 3. The number of rotatable bonds is 4. The molecule has 3 aromatic rings. The van der Waals surface area contributed by atoms with E-state index >= 15 is 0 Å². The topological polar surface area (TPSA) is 15.7 Å². The van der Waals surface area contributed by atoms with Gasteiger partial charge in [0.05, 0.1) is 0 Å². The molecule has 6 heteroatoms. The van der Waals surface area contributed by atoms with Crippen molar-refractivity contribution in [1.29, 1.82) is 0 Å². The summed E-state index contributed by atoms with van der Waals surface area (Å²) in [6, 6.07) is 19.3. The van der Waals surface area contributed by atoms with E-state index in [1.165, 1.54) is 29.8 Å². The van der Waals surface area contributed by atoms with Crippen LogP contribution in [0.4, 0.5) is 13.2 Å². The molecule has 202 valence electrons. The van der Waals surface area contributed by atoms with E-state index in [0.717, 1.165) is 63.9 Å². The van der Waals surface area contributed by atoms with E-state index in [2.05, 4.69) is 21.9 Å². The van der Waals surface area contributed by atoms with Crippen LogP contribution in [0.15, 0.2) is 66.7 Å². The van der Waals surface area contributed by atoms with E-state index in [1.54, 1.807) is 6.07 Å². The molecule has 3 nitrogen and oxygen atoms in total. The Morgan fingerprint density at radius 3 is 2.18 bits per heavy atom. The first-order valence-electron chi connectivity index (χ1n) is 13.8. The maximum atomic E-state index is 14.6. The van der Waals surface area contributed by atoms with Crippen LogP contribution in [0.5, 0.6) is 5.75 Å². The fraction of sp³-hybridized carbons (Fsp3) is 0.438. The number of halogens is 3. The molecule has 0 N–H and O–H groups in total. The number of ether oxygens (including phenoxy) is 1. The number of aryl methyl sites for hydroxylation is 1. The molecule has 0 unspecified atom stereocenters. The summed E-state index contributed by atoms with van der Waals surface area (Å²) in [4.78, 5) is 4.51. The Morgan fingerprint density at radius 2 is 1.39 bits per heavy atom. The molecule has 3 aromatic carbocycles. The van der Waals surface area contributed by atoms with Gasteiger partial charge in [0.1, 0.15) is 29.8 Å². The fourth-order valence-electron chi connectivity index (χ4n) is 6.09. The molecule has 0 aliphatic carbocycles. The molecule has 1 fully saturated rings. The van der Waals surface area contributed by atoms with Gasteiger partial charge in [-0.05, 0) is 80.4 Å². The third kappa shape index (κ3) is 6.59. The molecule has 0 atom stereocenters. The van der Waals surface area contributed by atoms with Gasteiger partial charge in [-0.25, -0.2) is 13.2 Å². The van der Waals surface area contributed by atoms with Crippen LogP contribution in [0.25, 0.3) is 0 Å². The Balaban J connectivity index is 1.33. The molecule has 0 bridgehead atoms. The van der Waals surface area contributed by atoms with E-state index in [0.29, 0.717) is 25.3 Å². The van der Waals surface area contributed by atoms with Crippen molar-refractivity contribution in [2.75, 3.05) is 32.8 Å². The maximum Gasteiger partial charge on any atom is 0.130 e. The highest BCUT2D eigenvalue weighted by atomic mass is 19.1. The summed E-state index contributed by atoms with van der Waals surface area (Å²) in [7, 11) is 0. The SMILES string of the molecule is Fc1ccccc1CN1CCOc2ccccc2CCCCC2(CCN(Cc3c(F)cccc3F)CC2)C1. The summed E-state index contributed by atoms with van der Waals surface area (Å²) < 4.78 is 49.4. The summed E-state index contributed by atoms with van der Waals surface area (Å²) in [6.07, 6.45) is 6.17. The highest BCUT2D eigenvalue weighted by Crippen LogP contribution is 2.39. The highest BCUT2D eigenvalue weighted by Gasteiger charge is 2.36. The second-order valence-corrected chi connectivity index (χ2v) is 10.9. The first kappa shape index (κ1) is 26.8. The summed E-state index contributed by atoms with van der Waals surface area (Å²) in [5.74, 6) is -0.191. The quantitative estimate of drug-likeness (QED) is 0.367. The van der Waals surface area contributed by atoms with Crippen LogP contribution >= 0.6 is 0 Å². The molecule has 2 heterocycles. The molecule has 2 aliphatic rings. The molecular weight excluding hydrogens is 485 g/mol. The number of likely N-dealkylation sites (tertiary alicyclic amines) is 1. The summed E-state index contributed by atoms with van der Waals surface area (Å²) in [6.45, 7) is 4.51. The zero-order valence-corrected chi connectivity index (χ0v) is 22.0. The standard InChI is InChI=1S/C32H37F3N2O/c33-28-11-3-1-10-26(28)22-37-20-21-38-31-14-4-2-8-25(31)9-5-6-15-32(24-37)16-18-36(19-17-32)23-27-29(34)12-7-13-30(27)35/h1-4,7-8,10-14H,5-6,9,15-24H2. The molecule has 38 heavy (non-hydrogen) atoms. The lowest BCUT2D eigenvalue weighted by atomic mass is 9.73. The lowest BCUT2D eigenvalue weighted by Gasteiger charge is -2.45. The number of para-hydroxylation sites is 1. The maximum absolute atomic E-state index is 14.6. The second kappa shape index (κ2) is 12.4. The van der Waals surface area contributed by atoms with Crippen LogP contribution in [-0.4, -0.2) is 42.6 Å². The van der Waals surface area contributed by atoms with Gasteiger partial charge in [0, 0.05) is 37.3 Å². The largest absolute Gasteiger partial charge is 0.492 e. The average molecular weight is 523 g/mol. The minimum Gasteiger partial charge on any atom is -0.492 e. The van der Waals surface area contributed by atoms with Crippen molar-refractivity contribution in [3.63, 3.8) is 0 Å². The first-order valence-corrected chi connectivity index (χ1v) is 13.8. The summed E-state index contributed by atoms with van der Waals surface area (Å²) in [5, 5.41) is 0. The number of hydrogen-bond acceptors (Lipinski definition) is 3. The zero-order valence-electron chi connectivity index (χ0n) is 22.0. The monoisotopic (exact) mass is 522 g/mol. The molecular formula is C32H37F3N2O. The van der Waals surface area contributed by atoms with Gasteiger partial charge in [-0.15, -0.1) is 0 Å². The van der Waals surface area contributed by atoms with E-state index in [4.69, 9.17) is 4.74 Å². The first-order chi connectivity index (χ1) is 18.5. The second-order valence-electron chi connectivity index (χ2n) is 10.9. The van der Waals surface area contributed by atoms with Crippen molar-refractivity contribution in [1.82, 2.24) is 9.80 Å². The summed E-state index contributed by atoms with van der Waals surface area (Å²) in [5.41, 5.74) is 2.17. The van der Waals surface area contributed by atoms with Gasteiger partial charge in [0.15, 0.2) is 0 Å². The van der Waals surface area contributed by atoms with Gasteiger partial charge in [-0.3, -0.25) is 9.80 Å². The normalized spacial score (nSPS) is 19.2. The molecule has 1 spiro atoms. The van der Waals surface area contributed by atoms with Gasteiger partial charge in [0.2, 0.25) is 0 Å². The lowest BCUT2D eigenvalue weighted by molar-refractivity contribution is 0.0400.